The fourth-order valence-electron chi connectivity index (χ4n) is 2.28. The summed E-state index contributed by atoms with van der Waals surface area (Å²) in [7, 11) is 0. The van der Waals surface area contributed by atoms with E-state index in [1.807, 2.05) is 6.92 Å². The van der Waals surface area contributed by atoms with Crippen molar-refractivity contribution in [3.8, 4) is 0 Å². The quantitative estimate of drug-likeness (QED) is 0.656. The maximum Gasteiger partial charge on any atom is 0.254 e. The minimum absolute atomic E-state index is 0.0408. The lowest BCUT2D eigenvalue weighted by atomic mass is 10.2. The van der Waals surface area contributed by atoms with Crippen LogP contribution in [-0.2, 0) is 11.3 Å². The molecule has 1 unspecified atom stereocenters. The van der Waals surface area contributed by atoms with E-state index in [1.54, 1.807) is 10.9 Å². The second-order valence-electron chi connectivity index (χ2n) is 5.02. The monoisotopic (exact) mass is 279 g/mol. The molecule has 0 aliphatic carbocycles. The van der Waals surface area contributed by atoms with E-state index in [-0.39, 0.29) is 17.9 Å². The molecule has 0 saturated carbocycles. The third-order valence-electron chi connectivity index (χ3n) is 3.52. The third kappa shape index (κ3) is 3.36. The van der Waals surface area contributed by atoms with Crippen LogP contribution in [0.25, 0.3) is 0 Å². The van der Waals surface area contributed by atoms with Crippen molar-refractivity contribution in [2.75, 3.05) is 13.1 Å². The number of aryl methyl sites for hydroxylation is 1. The summed E-state index contributed by atoms with van der Waals surface area (Å²) in [6.07, 6.45) is 3.72. The molecule has 1 aromatic heterocycles. The standard InChI is InChI=1S/C13H21N5O2/c1-9-11(8-16-18(9)6-2-5-14)13(20)15-7-10-3-4-12(19)17-10/h8,10H,2-7,14H2,1H3,(H,15,20)(H,17,19). The molecular weight excluding hydrogens is 258 g/mol. The Labute approximate surface area is 117 Å². The lowest BCUT2D eigenvalue weighted by Gasteiger charge is -2.11. The second kappa shape index (κ2) is 6.51. The van der Waals surface area contributed by atoms with E-state index >= 15 is 0 Å². The number of nitrogens with zero attached hydrogens (tertiary/aromatic N) is 2. The molecule has 7 heteroatoms. The molecular formula is C13H21N5O2. The fraction of sp³-hybridized carbons (Fsp3) is 0.615. The third-order valence-corrected chi connectivity index (χ3v) is 3.52. The van der Waals surface area contributed by atoms with Crippen molar-refractivity contribution < 1.29 is 9.59 Å². The molecule has 0 aromatic carbocycles. The highest BCUT2D eigenvalue weighted by Crippen LogP contribution is 2.09. The van der Waals surface area contributed by atoms with E-state index < -0.39 is 0 Å². The lowest BCUT2D eigenvalue weighted by molar-refractivity contribution is -0.119. The first kappa shape index (κ1) is 14.5. The summed E-state index contributed by atoms with van der Waals surface area (Å²) in [6, 6.07) is 0.0408. The molecule has 1 aromatic rings. The largest absolute Gasteiger partial charge is 0.352 e. The van der Waals surface area contributed by atoms with Crippen LogP contribution in [-0.4, -0.2) is 40.7 Å². The zero-order chi connectivity index (χ0) is 14.5. The first-order valence-corrected chi connectivity index (χ1v) is 6.92. The smallest absolute Gasteiger partial charge is 0.254 e. The van der Waals surface area contributed by atoms with Gasteiger partial charge in [-0.25, -0.2) is 0 Å². The highest BCUT2D eigenvalue weighted by atomic mass is 16.2. The molecule has 1 aliphatic heterocycles. The van der Waals surface area contributed by atoms with Gasteiger partial charge in [0.05, 0.1) is 11.8 Å². The molecule has 110 valence electrons. The summed E-state index contributed by atoms with van der Waals surface area (Å²) in [4.78, 5) is 23.2. The van der Waals surface area contributed by atoms with Crippen molar-refractivity contribution in [2.24, 2.45) is 5.73 Å². The summed E-state index contributed by atoms with van der Waals surface area (Å²) in [5.74, 6) is -0.0994. The molecule has 2 heterocycles. The number of amides is 2. The summed E-state index contributed by atoms with van der Waals surface area (Å²) < 4.78 is 1.79. The van der Waals surface area contributed by atoms with Crippen LogP contribution in [0, 0.1) is 6.92 Å². The van der Waals surface area contributed by atoms with Gasteiger partial charge in [0, 0.05) is 31.2 Å². The van der Waals surface area contributed by atoms with Gasteiger partial charge in [-0.2, -0.15) is 5.10 Å². The predicted octanol–water partition coefficient (Wildman–Crippen LogP) is -0.451. The molecule has 1 aliphatic rings. The Bertz CT molecular complexity index is 497. The minimum Gasteiger partial charge on any atom is -0.352 e. The van der Waals surface area contributed by atoms with Gasteiger partial charge in [0.25, 0.3) is 5.91 Å². The van der Waals surface area contributed by atoms with Gasteiger partial charge in [0.15, 0.2) is 0 Å². The molecule has 2 amide bonds. The Hall–Kier alpha value is -1.89. The van der Waals surface area contributed by atoms with E-state index in [2.05, 4.69) is 15.7 Å². The van der Waals surface area contributed by atoms with Gasteiger partial charge in [-0.3, -0.25) is 14.3 Å². The number of carbonyl (C=O) groups excluding carboxylic acids is 2. The van der Waals surface area contributed by atoms with E-state index in [4.69, 9.17) is 5.73 Å². The predicted molar refractivity (Wildman–Crippen MR) is 74.1 cm³/mol. The van der Waals surface area contributed by atoms with Gasteiger partial charge >= 0.3 is 0 Å². The number of hydrogen-bond acceptors (Lipinski definition) is 4. The van der Waals surface area contributed by atoms with Crippen LogP contribution < -0.4 is 16.4 Å². The van der Waals surface area contributed by atoms with Gasteiger partial charge < -0.3 is 16.4 Å². The van der Waals surface area contributed by atoms with Crippen molar-refractivity contribution in [2.45, 2.75) is 38.8 Å². The maximum absolute atomic E-state index is 12.1. The highest BCUT2D eigenvalue weighted by molar-refractivity contribution is 5.95. The summed E-state index contributed by atoms with van der Waals surface area (Å²) in [5, 5.41) is 9.86. The first-order valence-electron chi connectivity index (χ1n) is 6.92. The lowest BCUT2D eigenvalue weighted by Crippen LogP contribution is -2.38. The molecule has 20 heavy (non-hydrogen) atoms. The first-order chi connectivity index (χ1) is 9.61. The van der Waals surface area contributed by atoms with Gasteiger partial charge in [0.2, 0.25) is 5.91 Å². The number of nitrogens with one attached hydrogen (secondary N) is 2. The van der Waals surface area contributed by atoms with Gasteiger partial charge in [-0.05, 0) is 26.3 Å². The molecule has 1 fully saturated rings. The Morgan fingerprint density at radius 3 is 3.10 bits per heavy atom. The van der Waals surface area contributed by atoms with Crippen LogP contribution in [0.3, 0.4) is 0 Å². The Balaban J connectivity index is 1.89. The normalized spacial score (nSPS) is 18.1. The molecule has 0 radical (unpaired) electrons. The van der Waals surface area contributed by atoms with Crippen LogP contribution in [0.5, 0.6) is 0 Å². The number of hydrogen-bond donors (Lipinski definition) is 3. The van der Waals surface area contributed by atoms with Crippen molar-refractivity contribution >= 4 is 11.8 Å². The zero-order valence-electron chi connectivity index (χ0n) is 11.7. The maximum atomic E-state index is 12.1. The Morgan fingerprint density at radius 1 is 1.65 bits per heavy atom. The number of rotatable bonds is 6. The van der Waals surface area contributed by atoms with Gasteiger partial charge in [-0.15, -0.1) is 0 Å². The molecule has 2 rings (SSSR count). The molecule has 0 spiro atoms. The molecule has 4 N–H and O–H groups in total. The summed E-state index contributed by atoms with van der Waals surface area (Å²) in [6.45, 7) is 3.64. The van der Waals surface area contributed by atoms with E-state index in [0.717, 1.165) is 18.5 Å². The van der Waals surface area contributed by atoms with Crippen LogP contribution in [0.2, 0.25) is 0 Å². The Kier molecular flexibility index (Phi) is 4.73. The van der Waals surface area contributed by atoms with Crippen LogP contribution in [0.15, 0.2) is 6.20 Å². The van der Waals surface area contributed by atoms with Crippen molar-refractivity contribution in [1.82, 2.24) is 20.4 Å². The van der Waals surface area contributed by atoms with E-state index in [9.17, 15) is 9.59 Å². The number of nitrogens with two attached hydrogens (primary N) is 1. The summed E-state index contributed by atoms with van der Waals surface area (Å²) >= 11 is 0. The average molecular weight is 279 g/mol. The zero-order valence-corrected chi connectivity index (χ0v) is 11.7. The van der Waals surface area contributed by atoms with Crippen LogP contribution in [0.4, 0.5) is 0 Å². The van der Waals surface area contributed by atoms with Crippen molar-refractivity contribution in [1.29, 1.82) is 0 Å². The fourth-order valence-corrected chi connectivity index (χ4v) is 2.28. The second-order valence-corrected chi connectivity index (χ2v) is 5.02. The van der Waals surface area contributed by atoms with Crippen LogP contribution in [0.1, 0.15) is 35.3 Å². The molecule has 1 saturated heterocycles. The van der Waals surface area contributed by atoms with E-state index in [1.165, 1.54) is 0 Å². The molecule has 0 bridgehead atoms. The van der Waals surface area contributed by atoms with E-state index in [0.29, 0.717) is 31.6 Å². The Morgan fingerprint density at radius 2 is 2.45 bits per heavy atom. The van der Waals surface area contributed by atoms with Gasteiger partial charge in [0.1, 0.15) is 0 Å². The average Bonchev–Trinajstić information content (AvgIpc) is 3.00. The SMILES string of the molecule is Cc1c(C(=O)NCC2CCC(=O)N2)cnn1CCCN. The number of carbonyl (C=O) groups is 2. The number of aromatic nitrogens is 2. The van der Waals surface area contributed by atoms with Crippen molar-refractivity contribution in [3.63, 3.8) is 0 Å². The summed E-state index contributed by atoms with van der Waals surface area (Å²) in [5.41, 5.74) is 6.88. The molecule has 7 nitrogen and oxygen atoms in total. The van der Waals surface area contributed by atoms with Crippen molar-refractivity contribution in [3.05, 3.63) is 17.5 Å². The topological polar surface area (TPSA) is 102 Å². The minimum atomic E-state index is -0.150. The van der Waals surface area contributed by atoms with Gasteiger partial charge in [-0.1, -0.05) is 0 Å². The van der Waals surface area contributed by atoms with Crippen LogP contribution >= 0.6 is 0 Å². The highest BCUT2D eigenvalue weighted by Gasteiger charge is 2.22. The molecule has 1 atom stereocenters.